The second-order valence-corrected chi connectivity index (χ2v) is 8.44. The minimum absolute atomic E-state index is 0.0653. The van der Waals surface area contributed by atoms with Gasteiger partial charge in [0.15, 0.2) is 0 Å². The predicted molar refractivity (Wildman–Crippen MR) is 110 cm³/mol. The number of rotatable bonds is 5. The summed E-state index contributed by atoms with van der Waals surface area (Å²) in [5.41, 5.74) is 2.11. The van der Waals surface area contributed by atoms with E-state index in [0.29, 0.717) is 31.1 Å². The quantitative estimate of drug-likeness (QED) is 0.859. The summed E-state index contributed by atoms with van der Waals surface area (Å²) in [6, 6.07) is 12.0. The average Bonchev–Trinajstić information content (AvgIpc) is 3.01. The highest BCUT2D eigenvalue weighted by molar-refractivity contribution is 5.92. The summed E-state index contributed by atoms with van der Waals surface area (Å²) in [5.74, 6) is 0.422. The van der Waals surface area contributed by atoms with Crippen molar-refractivity contribution in [2.45, 2.75) is 38.3 Å². The molecule has 0 saturated carbocycles. The SMILES string of the molecule is CC(C)Cc1cc(C(=O)N2CC[C@@](c3ccccc3)(N(C)C)[C@H](O)C2)n(C)n1. The highest BCUT2D eigenvalue weighted by Gasteiger charge is 2.46. The lowest BCUT2D eigenvalue weighted by atomic mass is 9.77. The molecule has 0 unspecified atom stereocenters. The number of aliphatic hydroxyl groups is 1. The molecular formula is C22H32N4O2. The second kappa shape index (κ2) is 8.05. The molecule has 1 aliphatic rings. The monoisotopic (exact) mass is 384 g/mol. The van der Waals surface area contributed by atoms with Gasteiger partial charge in [-0.05, 0) is 44.5 Å². The Labute approximate surface area is 167 Å². The van der Waals surface area contributed by atoms with Gasteiger partial charge in [-0.3, -0.25) is 14.4 Å². The van der Waals surface area contributed by atoms with Gasteiger partial charge in [-0.25, -0.2) is 0 Å². The van der Waals surface area contributed by atoms with Crippen molar-refractivity contribution < 1.29 is 9.90 Å². The maximum absolute atomic E-state index is 13.1. The molecular weight excluding hydrogens is 352 g/mol. The van der Waals surface area contributed by atoms with E-state index in [1.807, 2.05) is 45.4 Å². The fourth-order valence-electron chi connectivity index (χ4n) is 4.36. The van der Waals surface area contributed by atoms with E-state index >= 15 is 0 Å². The number of aliphatic hydroxyl groups excluding tert-OH is 1. The fourth-order valence-corrected chi connectivity index (χ4v) is 4.36. The molecule has 0 spiro atoms. The number of β-amino-alcohol motifs (C(OH)–C–C–N with tert-alkyl or cyclic N) is 1. The van der Waals surface area contributed by atoms with Gasteiger partial charge in [0, 0.05) is 20.1 Å². The van der Waals surface area contributed by atoms with Crippen molar-refractivity contribution in [3.8, 4) is 0 Å². The van der Waals surface area contributed by atoms with Crippen LogP contribution in [0.4, 0.5) is 0 Å². The van der Waals surface area contributed by atoms with Crippen LogP contribution in [0.3, 0.4) is 0 Å². The molecule has 1 fully saturated rings. The van der Waals surface area contributed by atoms with Crippen molar-refractivity contribution in [1.82, 2.24) is 19.6 Å². The van der Waals surface area contributed by atoms with E-state index < -0.39 is 11.6 Å². The van der Waals surface area contributed by atoms with E-state index in [2.05, 4.69) is 36.0 Å². The summed E-state index contributed by atoms with van der Waals surface area (Å²) in [4.78, 5) is 17.0. The molecule has 6 heteroatoms. The minimum Gasteiger partial charge on any atom is -0.389 e. The van der Waals surface area contributed by atoms with E-state index in [4.69, 9.17) is 0 Å². The van der Waals surface area contributed by atoms with Crippen molar-refractivity contribution in [1.29, 1.82) is 0 Å². The van der Waals surface area contributed by atoms with Gasteiger partial charge in [0.05, 0.1) is 17.3 Å². The van der Waals surface area contributed by atoms with Crippen LogP contribution in [0.1, 0.15) is 42.0 Å². The Balaban J connectivity index is 1.81. The van der Waals surface area contributed by atoms with Gasteiger partial charge < -0.3 is 10.0 Å². The van der Waals surface area contributed by atoms with Crippen LogP contribution >= 0.6 is 0 Å². The number of benzene rings is 1. The maximum Gasteiger partial charge on any atom is 0.272 e. The molecule has 1 aromatic heterocycles. The zero-order chi connectivity index (χ0) is 20.5. The zero-order valence-electron chi connectivity index (χ0n) is 17.6. The summed E-state index contributed by atoms with van der Waals surface area (Å²) in [5, 5.41) is 15.6. The second-order valence-electron chi connectivity index (χ2n) is 8.44. The summed E-state index contributed by atoms with van der Waals surface area (Å²) in [7, 11) is 5.80. The van der Waals surface area contributed by atoms with Crippen LogP contribution in [0, 0.1) is 5.92 Å². The molecule has 1 saturated heterocycles. The number of aryl methyl sites for hydroxylation is 1. The van der Waals surface area contributed by atoms with Gasteiger partial charge in [-0.15, -0.1) is 0 Å². The van der Waals surface area contributed by atoms with Crippen molar-refractivity contribution in [2.75, 3.05) is 27.2 Å². The first-order valence-corrected chi connectivity index (χ1v) is 9.99. The molecule has 1 amide bonds. The number of hydrogen-bond donors (Lipinski definition) is 1. The zero-order valence-corrected chi connectivity index (χ0v) is 17.6. The Morgan fingerprint density at radius 2 is 2.00 bits per heavy atom. The highest BCUT2D eigenvalue weighted by atomic mass is 16.3. The molecule has 152 valence electrons. The number of amides is 1. The highest BCUT2D eigenvalue weighted by Crippen LogP contribution is 2.38. The Hall–Kier alpha value is -2.18. The number of likely N-dealkylation sites (N-methyl/N-ethyl adjacent to an activating group) is 1. The Morgan fingerprint density at radius 3 is 2.57 bits per heavy atom. The molecule has 0 bridgehead atoms. The largest absolute Gasteiger partial charge is 0.389 e. The first-order valence-electron chi connectivity index (χ1n) is 9.99. The molecule has 6 nitrogen and oxygen atoms in total. The maximum atomic E-state index is 13.1. The standard InChI is InChI=1S/C22H32N4O2/c1-16(2)13-18-14-19(25(5)23-18)21(28)26-12-11-22(24(3)4,20(27)15-26)17-9-7-6-8-10-17/h6-10,14,16,20,27H,11-13,15H2,1-5H3/t20-,22+/m1/s1. The van der Waals surface area contributed by atoms with E-state index in [1.54, 1.807) is 9.58 Å². The average molecular weight is 385 g/mol. The Morgan fingerprint density at radius 1 is 1.32 bits per heavy atom. The third-order valence-electron chi connectivity index (χ3n) is 5.83. The Bertz CT molecular complexity index is 815. The van der Waals surface area contributed by atoms with Crippen molar-refractivity contribution in [3.05, 3.63) is 53.3 Å². The fraction of sp³-hybridized carbons (Fsp3) is 0.545. The topological polar surface area (TPSA) is 61.6 Å². The normalized spacial score (nSPS) is 22.9. The number of aromatic nitrogens is 2. The number of carbonyl (C=O) groups is 1. The van der Waals surface area contributed by atoms with E-state index in [1.165, 1.54) is 0 Å². The van der Waals surface area contributed by atoms with Crippen molar-refractivity contribution >= 4 is 5.91 Å². The molecule has 0 radical (unpaired) electrons. The van der Waals surface area contributed by atoms with Crippen LogP contribution in [0.25, 0.3) is 0 Å². The van der Waals surface area contributed by atoms with Gasteiger partial charge in [0.25, 0.3) is 5.91 Å². The van der Waals surface area contributed by atoms with Crippen molar-refractivity contribution in [2.24, 2.45) is 13.0 Å². The number of piperidine rings is 1. The van der Waals surface area contributed by atoms with Crippen LogP contribution in [-0.2, 0) is 19.0 Å². The van der Waals surface area contributed by atoms with Gasteiger partial charge in [0.2, 0.25) is 0 Å². The smallest absolute Gasteiger partial charge is 0.272 e. The third kappa shape index (κ3) is 3.71. The number of likely N-dealkylation sites (tertiary alicyclic amines) is 1. The number of carbonyl (C=O) groups excluding carboxylic acids is 1. The van der Waals surface area contributed by atoms with Gasteiger partial charge in [-0.1, -0.05) is 44.2 Å². The van der Waals surface area contributed by atoms with Gasteiger partial charge >= 0.3 is 0 Å². The lowest BCUT2D eigenvalue weighted by Crippen LogP contribution is -2.61. The summed E-state index contributed by atoms with van der Waals surface area (Å²) in [6.07, 6.45) is 0.848. The van der Waals surface area contributed by atoms with Crippen LogP contribution in [0.5, 0.6) is 0 Å². The third-order valence-corrected chi connectivity index (χ3v) is 5.83. The summed E-state index contributed by atoms with van der Waals surface area (Å²) >= 11 is 0. The summed E-state index contributed by atoms with van der Waals surface area (Å²) in [6.45, 7) is 5.17. The Kier molecular flexibility index (Phi) is 5.91. The minimum atomic E-state index is -0.675. The predicted octanol–water partition coefficient (Wildman–Crippen LogP) is 2.28. The molecule has 28 heavy (non-hydrogen) atoms. The lowest BCUT2D eigenvalue weighted by molar-refractivity contribution is -0.0613. The van der Waals surface area contributed by atoms with Crippen LogP contribution in [-0.4, -0.2) is 63.9 Å². The van der Waals surface area contributed by atoms with Crippen LogP contribution in [0.2, 0.25) is 0 Å². The molecule has 3 rings (SSSR count). The molecule has 2 aromatic rings. The number of hydrogen-bond acceptors (Lipinski definition) is 4. The van der Waals surface area contributed by atoms with Crippen LogP contribution < -0.4 is 0 Å². The van der Waals surface area contributed by atoms with E-state index in [9.17, 15) is 9.90 Å². The summed E-state index contributed by atoms with van der Waals surface area (Å²) < 4.78 is 1.66. The molecule has 1 aliphatic heterocycles. The molecule has 0 aliphatic carbocycles. The van der Waals surface area contributed by atoms with E-state index in [-0.39, 0.29) is 5.91 Å². The molecule has 2 heterocycles. The van der Waals surface area contributed by atoms with Crippen LogP contribution in [0.15, 0.2) is 36.4 Å². The lowest BCUT2D eigenvalue weighted by Gasteiger charge is -2.49. The first-order chi connectivity index (χ1) is 13.3. The first kappa shape index (κ1) is 20.6. The molecule has 1 N–H and O–H groups in total. The van der Waals surface area contributed by atoms with Crippen molar-refractivity contribution in [3.63, 3.8) is 0 Å². The molecule has 1 aromatic carbocycles. The van der Waals surface area contributed by atoms with E-state index in [0.717, 1.165) is 17.7 Å². The number of nitrogens with zero attached hydrogens (tertiary/aromatic N) is 4. The van der Waals surface area contributed by atoms with Gasteiger partial charge in [0.1, 0.15) is 5.69 Å². The van der Waals surface area contributed by atoms with Gasteiger partial charge in [-0.2, -0.15) is 5.10 Å². The molecule has 2 atom stereocenters.